The highest BCUT2D eigenvalue weighted by Crippen LogP contribution is 2.18. The summed E-state index contributed by atoms with van der Waals surface area (Å²) in [4.78, 5) is 14.3. The zero-order chi connectivity index (χ0) is 13.7. The second kappa shape index (κ2) is 5.96. The van der Waals surface area contributed by atoms with Gasteiger partial charge in [-0.15, -0.1) is 0 Å². The summed E-state index contributed by atoms with van der Waals surface area (Å²) >= 11 is 0. The number of rotatable bonds is 5. The van der Waals surface area contributed by atoms with E-state index in [1.807, 2.05) is 12.1 Å². The molecule has 19 heavy (non-hydrogen) atoms. The molecule has 100 valence electrons. The van der Waals surface area contributed by atoms with Crippen molar-refractivity contribution in [3.05, 3.63) is 36.2 Å². The highest BCUT2D eigenvalue weighted by atomic mass is 15.3. The molecule has 2 heterocycles. The number of nitrogen functional groups attached to an aromatic ring is 2. The number of aromatic nitrogens is 3. The van der Waals surface area contributed by atoms with E-state index in [1.54, 1.807) is 18.5 Å². The Morgan fingerprint density at radius 3 is 2.63 bits per heavy atom. The van der Waals surface area contributed by atoms with Gasteiger partial charge in [-0.3, -0.25) is 4.98 Å². The zero-order valence-corrected chi connectivity index (χ0v) is 10.7. The number of pyridine rings is 1. The van der Waals surface area contributed by atoms with Crippen molar-refractivity contribution in [1.82, 2.24) is 15.0 Å². The molecule has 0 atom stereocenters. The highest BCUT2D eigenvalue weighted by Gasteiger charge is 2.09. The third kappa shape index (κ3) is 3.29. The maximum Gasteiger partial charge on any atom is 0.223 e. The molecule has 0 amide bonds. The molecule has 0 bridgehead atoms. The minimum atomic E-state index is 0.193. The predicted octanol–water partition coefficient (Wildman–Crippen LogP) is 0.766. The van der Waals surface area contributed by atoms with Crippen LogP contribution in [0, 0.1) is 0 Å². The average molecular weight is 259 g/mol. The monoisotopic (exact) mass is 259 g/mol. The van der Waals surface area contributed by atoms with E-state index in [4.69, 9.17) is 11.6 Å². The molecule has 0 saturated carbocycles. The number of nitrogens with one attached hydrogen (secondary N) is 1. The van der Waals surface area contributed by atoms with Gasteiger partial charge in [-0.1, -0.05) is 0 Å². The molecule has 0 unspecified atom stereocenters. The van der Waals surface area contributed by atoms with Crippen molar-refractivity contribution in [1.29, 1.82) is 0 Å². The molecule has 0 radical (unpaired) electrons. The fourth-order valence-electron chi connectivity index (χ4n) is 1.75. The second-order valence-corrected chi connectivity index (χ2v) is 3.98. The van der Waals surface area contributed by atoms with E-state index in [0.29, 0.717) is 5.82 Å². The van der Waals surface area contributed by atoms with Crippen LogP contribution in [-0.2, 0) is 6.54 Å². The molecule has 0 aliphatic heterocycles. The summed E-state index contributed by atoms with van der Waals surface area (Å²) in [6.45, 7) is 3.57. The lowest BCUT2D eigenvalue weighted by atomic mass is 10.2. The number of nitrogens with zero attached hydrogens (tertiary/aromatic N) is 4. The first-order chi connectivity index (χ1) is 9.22. The molecule has 2 aromatic rings. The molecule has 0 aliphatic rings. The van der Waals surface area contributed by atoms with E-state index < -0.39 is 0 Å². The number of hydrogen-bond donors (Lipinski definition) is 3. The van der Waals surface area contributed by atoms with Crippen LogP contribution in [0.2, 0.25) is 0 Å². The van der Waals surface area contributed by atoms with E-state index >= 15 is 0 Å². The summed E-state index contributed by atoms with van der Waals surface area (Å²) < 4.78 is 0. The summed E-state index contributed by atoms with van der Waals surface area (Å²) in [5.74, 6) is 6.78. The molecule has 2 aromatic heterocycles. The smallest absolute Gasteiger partial charge is 0.223 e. The van der Waals surface area contributed by atoms with Gasteiger partial charge in [0.15, 0.2) is 0 Å². The third-order valence-corrected chi connectivity index (χ3v) is 2.71. The van der Waals surface area contributed by atoms with Crippen molar-refractivity contribution < 1.29 is 0 Å². The van der Waals surface area contributed by atoms with Crippen molar-refractivity contribution >= 4 is 17.6 Å². The molecule has 5 N–H and O–H groups in total. The zero-order valence-electron chi connectivity index (χ0n) is 10.7. The molecule has 2 rings (SSSR count). The highest BCUT2D eigenvalue weighted by molar-refractivity contribution is 5.52. The maximum atomic E-state index is 5.67. The number of anilines is 3. The molecule has 0 saturated heterocycles. The van der Waals surface area contributed by atoms with Gasteiger partial charge in [-0.05, 0) is 24.6 Å². The first-order valence-electron chi connectivity index (χ1n) is 5.98. The van der Waals surface area contributed by atoms with Gasteiger partial charge in [-0.25, -0.2) is 5.84 Å². The Morgan fingerprint density at radius 2 is 2.00 bits per heavy atom. The van der Waals surface area contributed by atoms with Crippen molar-refractivity contribution in [3.8, 4) is 0 Å². The van der Waals surface area contributed by atoms with E-state index in [0.717, 1.165) is 24.5 Å². The Labute approximate surface area is 111 Å². The molecule has 0 aromatic carbocycles. The second-order valence-electron chi connectivity index (χ2n) is 3.98. The Balaban J connectivity index is 2.24. The fraction of sp³-hybridized carbons (Fsp3) is 0.250. The van der Waals surface area contributed by atoms with Gasteiger partial charge in [0.1, 0.15) is 11.6 Å². The Bertz CT molecular complexity index is 529. The Morgan fingerprint density at radius 1 is 1.26 bits per heavy atom. The molecule has 0 spiro atoms. The van der Waals surface area contributed by atoms with E-state index in [1.165, 1.54) is 0 Å². The minimum Gasteiger partial charge on any atom is -0.368 e. The van der Waals surface area contributed by atoms with Crippen molar-refractivity contribution in [3.63, 3.8) is 0 Å². The van der Waals surface area contributed by atoms with Crippen LogP contribution < -0.4 is 21.9 Å². The first-order valence-corrected chi connectivity index (χ1v) is 5.98. The summed E-state index contributed by atoms with van der Waals surface area (Å²) in [5.41, 5.74) is 9.30. The molecule has 0 aliphatic carbocycles. The number of hydrogen-bond acceptors (Lipinski definition) is 7. The minimum absolute atomic E-state index is 0.193. The summed E-state index contributed by atoms with van der Waals surface area (Å²) in [6.07, 6.45) is 3.54. The van der Waals surface area contributed by atoms with Crippen LogP contribution in [0.3, 0.4) is 0 Å². The van der Waals surface area contributed by atoms with E-state index in [2.05, 4.69) is 32.2 Å². The van der Waals surface area contributed by atoms with Crippen molar-refractivity contribution in [2.24, 2.45) is 5.84 Å². The molecule has 7 nitrogen and oxygen atoms in total. The summed E-state index contributed by atoms with van der Waals surface area (Å²) in [7, 11) is 0. The Kier molecular flexibility index (Phi) is 4.09. The van der Waals surface area contributed by atoms with Crippen LogP contribution >= 0.6 is 0 Å². The van der Waals surface area contributed by atoms with Crippen LogP contribution in [0.1, 0.15) is 12.5 Å². The van der Waals surface area contributed by atoms with Crippen molar-refractivity contribution in [2.75, 3.05) is 22.6 Å². The summed E-state index contributed by atoms with van der Waals surface area (Å²) in [6, 6.07) is 5.70. The number of nitrogens with two attached hydrogens (primary N) is 2. The van der Waals surface area contributed by atoms with Gasteiger partial charge in [0.05, 0.1) is 0 Å². The van der Waals surface area contributed by atoms with Crippen LogP contribution in [0.15, 0.2) is 30.6 Å². The molecular weight excluding hydrogens is 242 g/mol. The van der Waals surface area contributed by atoms with Crippen LogP contribution in [0.25, 0.3) is 0 Å². The topological polar surface area (TPSA) is 106 Å². The lowest BCUT2D eigenvalue weighted by Crippen LogP contribution is -2.24. The van der Waals surface area contributed by atoms with Gasteiger partial charge in [-0.2, -0.15) is 9.97 Å². The normalized spacial score (nSPS) is 10.2. The molecular formula is C12H17N7. The van der Waals surface area contributed by atoms with Gasteiger partial charge >= 0.3 is 0 Å². The number of hydrazine groups is 1. The van der Waals surface area contributed by atoms with Crippen molar-refractivity contribution in [2.45, 2.75) is 13.5 Å². The third-order valence-electron chi connectivity index (χ3n) is 2.71. The first kappa shape index (κ1) is 13.0. The predicted molar refractivity (Wildman–Crippen MR) is 75.2 cm³/mol. The van der Waals surface area contributed by atoms with Gasteiger partial charge in [0.25, 0.3) is 0 Å². The SMILES string of the molecule is CCN(Cc1ccncc1)c1cc(NN)nc(N)n1. The lowest BCUT2D eigenvalue weighted by molar-refractivity contribution is 0.810. The molecule has 0 fully saturated rings. The van der Waals surface area contributed by atoms with Gasteiger partial charge < -0.3 is 16.1 Å². The van der Waals surface area contributed by atoms with Gasteiger partial charge in [0, 0.05) is 31.5 Å². The lowest BCUT2D eigenvalue weighted by Gasteiger charge is -2.22. The van der Waals surface area contributed by atoms with Crippen LogP contribution in [0.4, 0.5) is 17.6 Å². The fourth-order valence-corrected chi connectivity index (χ4v) is 1.75. The van der Waals surface area contributed by atoms with Crippen LogP contribution in [0.5, 0.6) is 0 Å². The standard InChI is InChI=1S/C12H17N7/c1-2-19(8-9-3-5-15-6-4-9)11-7-10(18-14)16-12(13)17-11/h3-7H,2,8,14H2,1H3,(H3,13,16,17,18). The molecule has 7 heteroatoms. The van der Waals surface area contributed by atoms with Gasteiger partial charge in [0.2, 0.25) is 5.95 Å². The summed E-state index contributed by atoms with van der Waals surface area (Å²) in [5, 5.41) is 0. The average Bonchev–Trinajstić information content (AvgIpc) is 2.45. The maximum absolute atomic E-state index is 5.67. The quantitative estimate of drug-likeness (QED) is 0.537. The van der Waals surface area contributed by atoms with Crippen LogP contribution in [-0.4, -0.2) is 21.5 Å². The van der Waals surface area contributed by atoms with E-state index in [9.17, 15) is 0 Å². The van der Waals surface area contributed by atoms with E-state index in [-0.39, 0.29) is 5.95 Å². The Hall–Kier alpha value is -2.41. The largest absolute Gasteiger partial charge is 0.368 e.